The highest BCUT2D eigenvalue weighted by molar-refractivity contribution is 8.23. The zero-order valence-corrected chi connectivity index (χ0v) is 17.3. The van der Waals surface area contributed by atoms with Crippen LogP contribution in [0.25, 0.3) is 0 Å². The van der Waals surface area contributed by atoms with Gasteiger partial charge in [0.2, 0.25) is 0 Å². The molecule has 0 bridgehead atoms. The third-order valence-corrected chi connectivity index (χ3v) is 6.38. The molecule has 29 heavy (non-hydrogen) atoms. The van der Waals surface area contributed by atoms with Crippen LogP contribution < -0.4 is 4.18 Å². The largest absolute Gasteiger partial charge is 0.379 e. The van der Waals surface area contributed by atoms with Crippen LogP contribution in [-0.4, -0.2) is 40.5 Å². The Labute approximate surface area is 175 Å². The summed E-state index contributed by atoms with van der Waals surface area (Å²) >= 11 is 6.24. The van der Waals surface area contributed by atoms with Gasteiger partial charge in [0.05, 0.1) is 16.9 Å². The number of aryl methyl sites for hydroxylation is 1. The summed E-state index contributed by atoms with van der Waals surface area (Å²) in [6, 6.07) is 9.44. The Bertz CT molecular complexity index is 1110. The maximum atomic E-state index is 12.4. The maximum Gasteiger partial charge on any atom is 0.339 e. The first-order chi connectivity index (χ1) is 13.7. The zero-order valence-electron chi connectivity index (χ0n) is 14.8. The molecule has 1 saturated heterocycles. The quantitative estimate of drug-likeness (QED) is 0.216. The van der Waals surface area contributed by atoms with Crippen molar-refractivity contribution in [2.45, 2.75) is 11.8 Å². The van der Waals surface area contributed by atoms with Gasteiger partial charge in [0.25, 0.3) is 11.6 Å². The van der Waals surface area contributed by atoms with E-state index in [4.69, 9.17) is 16.4 Å². The molecule has 0 spiro atoms. The van der Waals surface area contributed by atoms with E-state index in [1.807, 2.05) is 0 Å². The molecule has 1 heterocycles. The molecular weight excluding hydrogens is 438 g/mol. The van der Waals surface area contributed by atoms with Crippen LogP contribution in [0.4, 0.5) is 5.69 Å². The number of hydrogen-bond donors (Lipinski definition) is 0. The number of amides is 1. The second-order valence-corrected chi connectivity index (χ2v) is 8.97. The fraction of sp³-hybridized carbons (Fsp3) is 0.118. The summed E-state index contributed by atoms with van der Waals surface area (Å²) < 4.78 is 30.2. The number of nitro benzene ring substituents is 1. The second-order valence-electron chi connectivity index (χ2n) is 5.82. The Hall–Kier alpha value is -2.83. The van der Waals surface area contributed by atoms with Crippen molar-refractivity contribution in [1.29, 1.82) is 0 Å². The van der Waals surface area contributed by atoms with Crippen LogP contribution in [0, 0.1) is 17.0 Å². The summed E-state index contributed by atoms with van der Waals surface area (Å²) in [5.41, 5.74) is 0.619. The van der Waals surface area contributed by atoms with Gasteiger partial charge in [-0.15, -0.1) is 0 Å². The van der Waals surface area contributed by atoms with Gasteiger partial charge < -0.3 is 4.18 Å². The van der Waals surface area contributed by atoms with Gasteiger partial charge in [0, 0.05) is 11.6 Å². The lowest BCUT2D eigenvalue weighted by molar-refractivity contribution is -0.385. The summed E-state index contributed by atoms with van der Waals surface area (Å²) in [5, 5.41) is 16.2. The van der Waals surface area contributed by atoms with E-state index in [-0.39, 0.29) is 28.0 Å². The van der Waals surface area contributed by atoms with Crippen LogP contribution >= 0.6 is 24.0 Å². The Morgan fingerprint density at radius 2 is 1.97 bits per heavy atom. The number of carbonyl (C=O) groups is 1. The molecule has 1 aliphatic rings. The molecular formula is C17H13N3O6S3. The van der Waals surface area contributed by atoms with Crippen molar-refractivity contribution >= 4 is 56.2 Å². The number of rotatable bonds is 6. The van der Waals surface area contributed by atoms with Crippen molar-refractivity contribution < 1.29 is 22.3 Å². The van der Waals surface area contributed by atoms with Gasteiger partial charge in [0.15, 0.2) is 4.32 Å². The van der Waals surface area contributed by atoms with Crippen molar-refractivity contribution in [3.8, 4) is 5.75 Å². The molecule has 1 fully saturated rings. The SMILES string of the molecule is Cc1ccc(S(=O)(=O)Oc2ccc(/C=N\N3C(=O)CSC3=S)cc2)cc1[N+](=O)[O-]. The Morgan fingerprint density at radius 1 is 1.28 bits per heavy atom. The molecule has 0 aromatic heterocycles. The molecule has 12 heteroatoms. The van der Waals surface area contributed by atoms with Crippen LogP contribution in [0.1, 0.15) is 11.1 Å². The number of hydrogen-bond acceptors (Lipinski definition) is 9. The van der Waals surface area contributed by atoms with Crippen molar-refractivity contribution in [2.75, 3.05) is 5.75 Å². The van der Waals surface area contributed by atoms with Gasteiger partial charge in [0.1, 0.15) is 10.6 Å². The monoisotopic (exact) mass is 451 g/mol. The minimum Gasteiger partial charge on any atom is -0.379 e. The molecule has 0 aliphatic carbocycles. The Balaban J connectivity index is 1.75. The van der Waals surface area contributed by atoms with E-state index in [0.29, 0.717) is 15.4 Å². The smallest absolute Gasteiger partial charge is 0.339 e. The molecule has 3 rings (SSSR count). The van der Waals surface area contributed by atoms with Crippen molar-refractivity contribution in [3.63, 3.8) is 0 Å². The first-order valence-electron chi connectivity index (χ1n) is 8.01. The number of hydrazone groups is 1. The van der Waals surface area contributed by atoms with Crippen LogP contribution in [0.15, 0.2) is 52.5 Å². The molecule has 0 atom stereocenters. The lowest BCUT2D eigenvalue weighted by atomic mass is 10.2. The fourth-order valence-electron chi connectivity index (χ4n) is 2.31. The van der Waals surface area contributed by atoms with E-state index < -0.39 is 15.0 Å². The van der Waals surface area contributed by atoms with Crippen LogP contribution in [-0.2, 0) is 14.9 Å². The number of thioether (sulfide) groups is 1. The van der Waals surface area contributed by atoms with Gasteiger partial charge in [-0.05, 0) is 42.8 Å². The summed E-state index contributed by atoms with van der Waals surface area (Å²) in [7, 11) is -4.25. The maximum absolute atomic E-state index is 12.4. The van der Waals surface area contributed by atoms with Crippen LogP contribution in [0.3, 0.4) is 0 Å². The van der Waals surface area contributed by atoms with Gasteiger partial charge >= 0.3 is 10.1 Å². The molecule has 1 amide bonds. The highest BCUT2D eigenvalue weighted by Crippen LogP contribution is 2.25. The minimum absolute atomic E-state index is 0.0219. The first kappa shape index (κ1) is 20.9. The van der Waals surface area contributed by atoms with Gasteiger partial charge in [-0.1, -0.05) is 30.0 Å². The van der Waals surface area contributed by atoms with Crippen molar-refractivity contribution in [1.82, 2.24) is 5.01 Å². The summed E-state index contributed by atoms with van der Waals surface area (Å²) in [6.45, 7) is 1.51. The van der Waals surface area contributed by atoms with Gasteiger partial charge in [-0.3, -0.25) is 14.9 Å². The number of benzene rings is 2. The van der Waals surface area contributed by atoms with Crippen molar-refractivity contribution in [2.24, 2.45) is 5.10 Å². The summed E-state index contributed by atoms with van der Waals surface area (Å²) in [4.78, 5) is 21.7. The topological polar surface area (TPSA) is 119 Å². The molecule has 2 aromatic carbocycles. The molecule has 150 valence electrons. The predicted octanol–water partition coefficient (Wildman–Crippen LogP) is 2.87. The third-order valence-electron chi connectivity index (χ3n) is 3.80. The second kappa shape index (κ2) is 8.27. The minimum atomic E-state index is -4.25. The lowest BCUT2D eigenvalue weighted by Gasteiger charge is -2.08. The van der Waals surface area contributed by atoms with Crippen molar-refractivity contribution in [3.05, 3.63) is 63.7 Å². The van der Waals surface area contributed by atoms with E-state index in [1.54, 1.807) is 12.1 Å². The normalized spacial score (nSPS) is 14.6. The molecule has 2 aromatic rings. The van der Waals surface area contributed by atoms with E-state index >= 15 is 0 Å². The Kier molecular flexibility index (Phi) is 5.96. The third kappa shape index (κ3) is 4.78. The average molecular weight is 452 g/mol. The summed E-state index contributed by atoms with van der Waals surface area (Å²) in [5.74, 6) is 0.0565. The molecule has 0 radical (unpaired) electrons. The zero-order chi connectivity index (χ0) is 21.2. The molecule has 0 N–H and O–H groups in total. The highest BCUT2D eigenvalue weighted by Gasteiger charge is 2.26. The van der Waals surface area contributed by atoms with Crippen LogP contribution in [0.5, 0.6) is 5.75 Å². The predicted molar refractivity (Wildman–Crippen MR) is 112 cm³/mol. The summed E-state index contributed by atoms with van der Waals surface area (Å²) in [6.07, 6.45) is 1.41. The molecule has 0 unspecified atom stereocenters. The first-order valence-corrected chi connectivity index (χ1v) is 10.8. The van der Waals surface area contributed by atoms with Gasteiger partial charge in [-0.2, -0.15) is 18.5 Å². The van der Waals surface area contributed by atoms with E-state index in [9.17, 15) is 23.3 Å². The number of thiocarbonyl (C=S) groups is 1. The lowest BCUT2D eigenvalue weighted by Crippen LogP contribution is -2.22. The van der Waals surface area contributed by atoms with Gasteiger partial charge in [-0.25, -0.2) is 0 Å². The highest BCUT2D eigenvalue weighted by atomic mass is 32.2. The number of nitrogens with zero attached hydrogens (tertiary/aromatic N) is 3. The molecule has 0 saturated carbocycles. The van der Waals surface area contributed by atoms with Crippen LogP contribution in [0.2, 0.25) is 0 Å². The Morgan fingerprint density at radius 3 is 2.55 bits per heavy atom. The fourth-order valence-corrected chi connectivity index (χ4v) is 4.23. The average Bonchev–Trinajstić information content (AvgIpc) is 2.98. The molecule has 9 nitrogen and oxygen atoms in total. The molecule has 1 aliphatic heterocycles. The van der Waals surface area contributed by atoms with E-state index in [1.165, 1.54) is 49.2 Å². The number of carbonyl (C=O) groups excluding carboxylic acids is 1. The van der Waals surface area contributed by atoms with E-state index in [0.717, 1.165) is 11.1 Å². The number of nitro groups is 1. The standard InChI is InChI=1S/C17H13N3O6S3/c1-11-2-7-14(8-15(11)20(22)23)29(24,25)26-13-5-3-12(4-6-13)9-18-19-16(21)10-28-17(19)27/h2-9H,10H2,1H3/b18-9-. The van der Waals surface area contributed by atoms with E-state index in [2.05, 4.69) is 5.10 Å².